The lowest BCUT2D eigenvalue weighted by Crippen LogP contribution is -2.21. The standard InChI is InChI=1S/C13H20N2O2S2/c1-3-8(7-18-2)14-13-15-11-9(12(16)17)5-4-6-10(11)19-13/h8-9H,3-7H2,1-2H3,(H,14,15)(H,16,17). The topological polar surface area (TPSA) is 62.2 Å². The zero-order valence-corrected chi connectivity index (χ0v) is 12.9. The Morgan fingerprint density at radius 3 is 3.11 bits per heavy atom. The van der Waals surface area contributed by atoms with Gasteiger partial charge in [0.1, 0.15) is 5.92 Å². The van der Waals surface area contributed by atoms with Crippen molar-refractivity contribution in [1.82, 2.24) is 4.98 Å². The number of anilines is 1. The van der Waals surface area contributed by atoms with E-state index in [4.69, 9.17) is 0 Å². The second-order valence-corrected chi connectivity index (χ2v) is 6.81. The Morgan fingerprint density at radius 2 is 2.47 bits per heavy atom. The minimum atomic E-state index is -0.742. The van der Waals surface area contributed by atoms with Gasteiger partial charge in [0.25, 0.3) is 0 Å². The van der Waals surface area contributed by atoms with Gasteiger partial charge in [0.05, 0.1) is 5.69 Å². The molecule has 1 aliphatic rings. The molecule has 1 heterocycles. The highest BCUT2D eigenvalue weighted by atomic mass is 32.2. The first-order valence-electron chi connectivity index (χ1n) is 6.63. The molecule has 2 unspecified atom stereocenters. The molecule has 0 bridgehead atoms. The lowest BCUT2D eigenvalue weighted by Gasteiger charge is -2.16. The Balaban J connectivity index is 2.14. The molecule has 2 N–H and O–H groups in total. The number of carbonyl (C=O) groups is 1. The average molecular weight is 300 g/mol. The normalized spacial score (nSPS) is 19.8. The third kappa shape index (κ3) is 3.42. The fourth-order valence-electron chi connectivity index (χ4n) is 2.36. The smallest absolute Gasteiger partial charge is 0.312 e. The first-order chi connectivity index (χ1) is 9.15. The SMILES string of the molecule is CCC(CSC)Nc1nc2c(s1)CCCC2C(=O)O. The van der Waals surface area contributed by atoms with Crippen LogP contribution in [0.3, 0.4) is 0 Å². The summed E-state index contributed by atoms with van der Waals surface area (Å²) in [6.45, 7) is 2.15. The summed E-state index contributed by atoms with van der Waals surface area (Å²) in [6, 6.07) is 0.408. The minimum Gasteiger partial charge on any atom is -0.481 e. The molecule has 19 heavy (non-hydrogen) atoms. The number of nitrogens with zero attached hydrogens (tertiary/aromatic N) is 1. The van der Waals surface area contributed by atoms with Crippen molar-refractivity contribution in [3.05, 3.63) is 10.6 Å². The number of aliphatic carboxylic acids is 1. The van der Waals surface area contributed by atoms with E-state index in [0.717, 1.165) is 40.7 Å². The van der Waals surface area contributed by atoms with Gasteiger partial charge in [0.2, 0.25) is 0 Å². The number of hydrogen-bond acceptors (Lipinski definition) is 5. The van der Waals surface area contributed by atoms with Crippen LogP contribution in [0.5, 0.6) is 0 Å². The molecule has 2 atom stereocenters. The molecule has 0 aliphatic heterocycles. The van der Waals surface area contributed by atoms with Gasteiger partial charge in [-0.15, -0.1) is 11.3 Å². The Bertz CT molecular complexity index is 448. The fraction of sp³-hybridized carbons (Fsp3) is 0.692. The quantitative estimate of drug-likeness (QED) is 0.844. The number of thiazole rings is 1. The van der Waals surface area contributed by atoms with Crippen molar-refractivity contribution in [2.24, 2.45) is 0 Å². The van der Waals surface area contributed by atoms with Gasteiger partial charge in [-0.05, 0) is 31.9 Å². The van der Waals surface area contributed by atoms with Crippen LogP contribution in [0.15, 0.2) is 0 Å². The van der Waals surface area contributed by atoms with Crippen LogP contribution in [0.1, 0.15) is 42.7 Å². The molecule has 6 heteroatoms. The zero-order valence-electron chi connectivity index (χ0n) is 11.3. The molecular weight excluding hydrogens is 280 g/mol. The molecule has 0 radical (unpaired) electrons. The summed E-state index contributed by atoms with van der Waals surface area (Å²) in [5.41, 5.74) is 0.797. The Hall–Kier alpha value is -0.750. The van der Waals surface area contributed by atoms with Crippen molar-refractivity contribution in [3.8, 4) is 0 Å². The van der Waals surface area contributed by atoms with Gasteiger partial charge in [-0.1, -0.05) is 6.92 Å². The van der Waals surface area contributed by atoms with E-state index in [2.05, 4.69) is 23.5 Å². The molecule has 1 aliphatic carbocycles. The molecule has 0 fully saturated rings. The molecule has 1 aromatic rings. The molecule has 0 saturated carbocycles. The molecule has 0 spiro atoms. The predicted octanol–water partition coefficient (Wildman–Crippen LogP) is 3.20. The number of fused-ring (bicyclic) bond motifs is 1. The molecule has 106 valence electrons. The molecular formula is C13H20N2O2S2. The number of hydrogen-bond donors (Lipinski definition) is 2. The third-order valence-corrected chi connectivity index (χ3v) is 5.24. The maximum absolute atomic E-state index is 11.2. The molecule has 0 aromatic carbocycles. The lowest BCUT2D eigenvalue weighted by molar-refractivity contribution is -0.139. The molecule has 0 amide bonds. The Kier molecular flexibility index (Phi) is 5.10. The van der Waals surface area contributed by atoms with Gasteiger partial charge >= 0.3 is 5.97 Å². The Morgan fingerprint density at radius 1 is 1.68 bits per heavy atom. The maximum atomic E-state index is 11.2. The number of carboxylic acids is 1. The first-order valence-corrected chi connectivity index (χ1v) is 8.84. The van der Waals surface area contributed by atoms with Gasteiger partial charge in [0, 0.05) is 16.7 Å². The molecule has 0 saturated heterocycles. The van der Waals surface area contributed by atoms with E-state index in [1.807, 2.05) is 11.8 Å². The van der Waals surface area contributed by atoms with Crippen molar-refractivity contribution >= 4 is 34.2 Å². The second kappa shape index (κ2) is 6.61. The largest absolute Gasteiger partial charge is 0.481 e. The van der Waals surface area contributed by atoms with Crippen molar-refractivity contribution < 1.29 is 9.90 Å². The maximum Gasteiger partial charge on any atom is 0.312 e. The highest BCUT2D eigenvalue weighted by molar-refractivity contribution is 7.98. The summed E-state index contributed by atoms with van der Waals surface area (Å²) in [5, 5.41) is 13.6. The zero-order chi connectivity index (χ0) is 13.8. The van der Waals surface area contributed by atoms with E-state index in [1.54, 1.807) is 11.3 Å². The first kappa shape index (κ1) is 14.7. The molecule has 2 rings (SSSR count). The third-order valence-electron chi connectivity index (χ3n) is 3.44. The van der Waals surface area contributed by atoms with Gasteiger partial charge < -0.3 is 10.4 Å². The highest BCUT2D eigenvalue weighted by Gasteiger charge is 2.30. The van der Waals surface area contributed by atoms with E-state index in [1.165, 1.54) is 0 Å². The number of carboxylic acid groups (broad SMARTS) is 1. The summed E-state index contributed by atoms with van der Waals surface area (Å²) in [4.78, 5) is 16.9. The van der Waals surface area contributed by atoms with Crippen molar-refractivity contribution in [2.45, 2.75) is 44.6 Å². The second-order valence-electron chi connectivity index (χ2n) is 4.82. The predicted molar refractivity (Wildman–Crippen MR) is 81.5 cm³/mol. The van der Waals surface area contributed by atoms with E-state index in [9.17, 15) is 9.90 Å². The van der Waals surface area contributed by atoms with Crippen LogP contribution in [0.2, 0.25) is 0 Å². The summed E-state index contributed by atoms with van der Waals surface area (Å²) in [5.74, 6) is -0.103. The van der Waals surface area contributed by atoms with Crippen LogP contribution >= 0.6 is 23.1 Å². The van der Waals surface area contributed by atoms with E-state index in [0.29, 0.717) is 12.5 Å². The van der Waals surface area contributed by atoms with E-state index < -0.39 is 11.9 Å². The number of nitrogens with one attached hydrogen (secondary N) is 1. The van der Waals surface area contributed by atoms with Gasteiger partial charge in [-0.25, -0.2) is 4.98 Å². The summed E-state index contributed by atoms with van der Waals surface area (Å²) in [7, 11) is 0. The Labute approximate surface area is 122 Å². The van der Waals surface area contributed by atoms with Crippen molar-refractivity contribution in [3.63, 3.8) is 0 Å². The summed E-state index contributed by atoms with van der Waals surface area (Å²) in [6.07, 6.45) is 5.78. The van der Waals surface area contributed by atoms with Crippen LogP contribution in [0.25, 0.3) is 0 Å². The van der Waals surface area contributed by atoms with Crippen molar-refractivity contribution in [2.75, 3.05) is 17.3 Å². The van der Waals surface area contributed by atoms with Gasteiger partial charge in [-0.3, -0.25) is 4.79 Å². The van der Waals surface area contributed by atoms with E-state index in [-0.39, 0.29) is 0 Å². The number of thioether (sulfide) groups is 1. The number of aryl methyl sites for hydroxylation is 1. The van der Waals surface area contributed by atoms with Gasteiger partial charge in [-0.2, -0.15) is 11.8 Å². The van der Waals surface area contributed by atoms with Crippen LogP contribution in [0, 0.1) is 0 Å². The van der Waals surface area contributed by atoms with Crippen LogP contribution in [0.4, 0.5) is 5.13 Å². The fourth-order valence-corrected chi connectivity index (χ4v) is 4.22. The van der Waals surface area contributed by atoms with Crippen LogP contribution < -0.4 is 5.32 Å². The van der Waals surface area contributed by atoms with E-state index >= 15 is 0 Å². The molecule has 4 nitrogen and oxygen atoms in total. The van der Waals surface area contributed by atoms with Gasteiger partial charge in [0.15, 0.2) is 5.13 Å². The molecule has 1 aromatic heterocycles. The number of aromatic nitrogens is 1. The summed E-state index contributed by atoms with van der Waals surface area (Å²) < 4.78 is 0. The highest BCUT2D eigenvalue weighted by Crippen LogP contribution is 2.37. The summed E-state index contributed by atoms with van der Waals surface area (Å²) >= 11 is 3.45. The van der Waals surface area contributed by atoms with Crippen LogP contribution in [-0.4, -0.2) is 34.1 Å². The van der Waals surface area contributed by atoms with Crippen LogP contribution in [-0.2, 0) is 11.2 Å². The van der Waals surface area contributed by atoms with Crippen molar-refractivity contribution in [1.29, 1.82) is 0 Å². The average Bonchev–Trinajstić information content (AvgIpc) is 2.79. The minimum absolute atomic E-state index is 0.406. The number of rotatable bonds is 6. The lowest BCUT2D eigenvalue weighted by atomic mass is 9.91. The monoisotopic (exact) mass is 300 g/mol.